The quantitative estimate of drug-likeness (QED) is 0.530. The molecule has 0 aliphatic carbocycles. The van der Waals surface area contributed by atoms with Crippen LogP contribution < -0.4 is 10.6 Å². The van der Waals surface area contributed by atoms with E-state index in [4.69, 9.17) is 9.73 Å². The molecule has 0 aromatic heterocycles. The third kappa shape index (κ3) is 7.50. The third-order valence-corrected chi connectivity index (χ3v) is 4.81. The summed E-state index contributed by atoms with van der Waals surface area (Å²) in [5, 5.41) is 6.81. The van der Waals surface area contributed by atoms with Gasteiger partial charge in [0.15, 0.2) is 5.96 Å². The van der Waals surface area contributed by atoms with Gasteiger partial charge in [-0.1, -0.05) is 0 Å². The molecule has 0 aromatic carbocycles. The van der Waals surface area contributed by atoms with Gasteiger partial charge in [0.05, 0.1) is 13.2 Å². The first-order valence-electron chi connectivity index (χ1n) is 9.28. The van der Waals surface area contributed by atoms with Gasteiger partial charge in [-0.2, -0.15) is 0 Å². The summed E-state index contributed by atoms with van der Waals surface area (Å²) in [5.41, 5.74) is 0. The van der Waals surface area contributed by atoms with Crippen LogP contribution in [0.3, 0.4) is 0 Å². The fourth-order valence-electron chi connectivity index (χ4n) is 3.21. The average Bonchev–Trinajstić information content (AvgIpc) is 2.58. The number of rotatable bonds is 7. The number of hydrogen-bond donors (Lipinski definition) is 2. The number of nitrogens with one attached hydrogen (secondary N) is 2. The molecule has 2 saturated heterocycles. The highest BCUT2D eigenvalue weighted by Crippen LogP contribution is 2.19. The largest absolute Gasteiger partial charge is 0.379 e. The lowest BCUT2D eigenvalue weighted by Gasteiger charge is -2.28. The second-order valence-electron chi connectivity index (χ2n) is 6.68. The van der Waals surface area contributed by atoms with Crippen molar-refractivity contribution in [1.82, 2.24) is 20.4 Å². The van der Waals surface area contributed by atoms with Crippen molar-refractivity contribution in [2.24, 2.45) is 10.9 Å². The Bertz CT molecular complexity index is 336. The van der Waals surface area contributed by atoms with Gasteiger partial charge >= 0.3 is 0 Å². The highest BCUT2D eigenvalue weighted by Gasteiger charge is 2.16. The Labute approximate surface area is 141 Å². The number of aliphatic imine (C=N–C) groups is 1. The lowest BCUT2D eigenvalue weighted by molar-refractivity contribution is 0.0389. The lowest BCUT2D eigenvalue weighted by Crippen LogP contribution is -2.44. The Morgan fingerprint density at radius 3 is 2.57 bits per heavy atom. The minimum atomic E-state index is 0.853. The molecule has 2 N–H and O–H groups in total. The van der Waals surface area contributed by atoms with E-state index in [2.05, 4.69) is 34.4 Å². The molecular formula is C17H35N5O. The monoisotopic (exact) mass is 325 g/mol. The number of hydrogen-bond acceptors (Lipinski definition) is 4. The Kier molecular flexibility index (Phi) is 8.71. The Balaban J connectivity index is 1.63. The zero-order chi connectivity index (χ0) is 16.3. The molecule has 2 fully saturated rings. The third-order valence-electron chi connectivity index (χ3n) is 4.81. The molecule has 6 nitrogen and oxygen atoms in total. The molecule has 0 aromatic rings. The van der Waals surface area contributed by atoms with E-state index in [0.717, 1.165) is 64.4 Å². The van der Waals surface area contributed by atoms with Crippen LogP contribution in [0.5, 0.6) is 0 Å². The first-order chi connectivity index (χ1) is 11.3. The molecule has 2 heterocycles. The van der Waals surface area contributed by atoms with Crippen LogP contribution in [-0.2, 0) is 4.74 Å². The number of nitrogens with zero attached hydrogens (tertiary/aromatic N) is 3. The molecule has 6 heteroatoms. The van der Waals surface area contributed by atoms with E-state index < -0.39 is 0 Å². The van der Waals surface area contributed by atoms with E-state index in [1.807, 2.05) is 0 Å². The summed E-state index contributed by atoms with van der Waals surface area (Å²) in [6.07, 6.45) is 3.87. The van der Waals surface area contributed by atoms with Crippen molar-refractivity contribution in [3.05, 3.63) is 0 Å². The fraction of sp³-hybridized carbons (Fsp3) is 0.941. The molecule has 0 radical (unpaired) electrons. The van der Waals surface area contributed by atoms with E-state index in [0.29, 0.717) is 0 Å². The summed E-state index contributed by atoms with van der Waals surface area (Å²) in [7, 11) is 2.22. The molecule has 0 spiro atoms. The van der Waals surface area contributed by atoms with Crippen molar-refractivity contribution < 1.29 is 4.74 Å². The lowest BCUT2D eigenvalue weighted by atomic mass is 9.94. The van der Waals surface area contributed by atoms with Crippen LogP contribution in [0.2, 0.25) is 0 Å². The predicted molar refractivity (Wildman–Crippen MR) is 96.1 cm³/mol. The van der Waals surface area contributed by atoms with Crippen LogP contribution >= 0.6 is 0 Å². The van der Waals surface area contributed by atoms with Crippen molar-refractivity contribution >= 4 is 5.96 Å². The van der Waals surface area contributed by atoms with Crippen molar-refractivity contribution in [2.45, 2.75) is 26.2 Å². The van der Waals surface area contributed by atoms with Gasteiger partial charge in [0, 0.05) is 39.3 Å². The molecule has 0 amide bonds. The maximum absolute atomic E-state index is 5.38. The summed E-state index contributed by atoms with van der Waals surface area (Å²) in [5.74, 6) is 1.82. The van der Waals surface area contributed by atoms with Crippen molar-refractivity contribution in [1.29, 1.82) is 0 Å². The van der Waals surface area contributed by atoms with E-state index in [1.54, 1.807) is 0 Å². The summed E-state index contributed by atoms with van der Waals surface area (Å²) in [6, 6.07) is 0. The van der Waals surface area contributed by atoms with Crippen LogP contribution in [0.25, 0.3) is 0 Å². The summed E-state index contributed by atoms with van der Waals surface area (Å²) in [4.78, 5) is 9.62. The molecule has 0 bridgehead atoms. The van der Waals surface area contributed by atoms with E-state index in [1.165, 1.54) is 32.4 Å². The second kappa shape index (κ2) is 10.8. The topological polar surface area (TPSA) is 52.1 Å². The zero-order valence-electron chi connectivity index (χ0n) is 15.0. The number of piperidine rings is 1. The molecule has 2 rings (SSSR count). The minimum absolute atomic E-state index is 0.853. The van der Waals surface area contributed by atoms with Crippen LogP contribution in [0.15, 0.2) is 4.99 Å². The van der Waals surface area contributed by atoms with Gasteiger partial charge in [0.1, 0.15) is 0 Å². The summed E-state index contributed by atoms with van der Waals surface area (Å²) in [6.45, 7) is 12.3. The summed E-state index contributed by atoms with van der Waals surface area (Å²) >= 11 is 0. The highest BCUT2D eigenvalue weighted by molar-refractivity contribution is 5.79. The number of likely N-dealkylation sites (tertiary alicyclic amines) is 1. The van der Waals surface area contributed by atoms with E-state index >= 15 is 0 Å². The van der Waals surface area contributed by atoms with Gasteiger partial charge in [0.25, 0.3) is 0 Å². The average molecular weight is 326 g/mol. The van der Waals surface area contributed by atoms with Crippen LogP contribution in [0, 0.1) is 5.92 Å². The van der Waals surface area contributed by atoms with Gasteiger partial charge in [-0.3, -0.25) is 9.89 Å². The molecule has 0 unspecified atom stereocenters. The standard InChI is InChI=1S/C17H35N5O/c1-3-18-17(20-8-11-22-12-14-23-15-13-22)19-7-4-16-5-9-21(2)10-6-16/h16H,3-15H2,1-2H3,(H2,18,19,20). The first-order valence-corrected chi connectivity index (χ1v) is 9.28. The highest BCUT2D eigenvalue weighted by atomic mass is 16.5. The van der Waals surface area contributed by atoms with Crippen molar-refractivity contribution in [2.75, 3.05) is 72.6 Å². The normalized spacial score (nSPS) is 22.3. The molecule has 134 valence electrons. The molecular weight excluding hydrogens is 290 g/mol. The minimum Gasteiger partial charge on any atom is -0.379 e. The molecule has 0 atom stereocenters. The molecule has 23 heavy (non-hydrogen) atoms. The number of morpholine rings is 1. The van der Waals surface area contributed by atoms with Gasteiger partial charge in [-0.25, -0.2) is 0 Å². The number of ether oxygens (including phenoxy) is 1. The van der Waals surface area contributed by atoms with Crippen LogP contribution in [-0.4, -0.2) is 88.4 Å². The van der Waals surface area contributed by atoms with Gasteiger partial charge in [-0.05, 0) is 52.2 Å². The molecule has 0 saturated carbocycles. The zero-order valence-corrected chi connectivity index (χ0v) is 15.0. The maximum atomic E-state index is 5.38. The smallest absolute Gasteiger partial charge is 0.191 e. The Morgan fingerprint density at radius 1 is 1.13 bits per heavy atom. The maximum Gasteiger partial charge on any atom is 0.191 e. The van der Waals surface area contributed by atoms with E-state index in [9.17, 15) is 0 Å². The van der Waals surface area contributed by atoms with Crippen LogP contribution in [0.4, 0.5) is 0 Å². The predicted octanol–water partition coefficient (Wildman–Crippen LogP) is 0.606. The molecule has 2 aliphatic heterocycles. The molecule has 2 aliphatic rings. The van der Waals surface area contributed by atoms with Gasteiger partial charge in [0.2, 0.25) is 0 Å². The van der Waals surface area contributed by atoms with Gasteiger partial charge in [-0.15, -0.1) is 0 Å². The Hall–Kier alpha value is -0.850. The summed E-state index contributed by atoms with van der Waals surface area (Å²) < 4.78 is 5.38. The van der Waals surface area contributed by atoms with Gasteiger partial charge < -0.3 is 20.3 Å². The van der Waals surface area contributed by atoms with Crippen molar-refractivity contribution in [3.63, 3.8) is 0 Å². The first kappa shape index (κ1) is 18.5. The fourth-order valence-corrected chi connectivity index (χ4v) is 3.21. The van der Waals surface area contributed by atoms with Crippen LogP contribution in [0.1, 0.15) is 26.2 Å². The number of guanidine groups is 1. The van der Waals surface area contributed by atoms with E-state index in [-0.39, 0.29) is 0 Å². The van der Waals surface area contributed by atoms with Crippen molar-refractivity contribution in [3.8, 4) is 0 Å². The second-order valence-corrected chi connectivity index (χ2v) is 6.68. The Morgan fingerprint density at radius 2 is 1.87 bits per heavy atom. The SMILES string of the molecule is CCNC(=NCCC1CCN(C)CC1)NCCN1CCOCC1.